The van der Waals surface area contributed by atoms with Crippen molar-refractivity contribution >= 4 is 0 Å². The molecule has 0 saturated carbocycles. The molecule has 1 fully saturated rings. The molecule has 0 amide bonds. The summed E-state index contributed by atoms with van der Waals surface area (Å²) in [7, 11) is 0. The number of benzene rings is 1. The van der Waals surface area contributed by atoms with Gasteiger partial charge >= 0.3 is 0 Å². The Morgan fingerprint density at radius 1 is 1.10 bits per heavy atom. The average molecular weight is 274 g/mol. The van der Waals surface area contributed by atoms with E-state index in [9.17, 15) is 0 Å². The molecule has 0 radical (unpaired) electrons. The summed E-state index contributed by atoms with van der Waals surface area (Å²) in [4.78, 5) is 2.60. The Kier molecular flexibility index (Phi) is 3.99. The van der Waals surface area contributed by atoms with E-state index in [1.54, 1.807) is 0 Å². The Morgan fingerprint density at radius 2 is 1.80 bits per heavy atom. The quantitative estimate of drug-likeness (QED) is 0.855. The zero-order valence-corrected chi connectivity index (χ0v) is 12.7. The summed E-state index contributed by atoms with van der Waals surface area (Å²) in [5.41, 5.74) is 10.3. The third-order valence-corrected chi connectivity index (χ3v) is 4.63. The highest BCUT2D eigenvalue weighted by atomic mass is 16.5. The minimum atomic E-state index is 0.0850. The standard InChI is InChI=1S/C17H26N2O/c1-12-9-13(2)17-14(10-12)16(15(18)11-20-17)19-7-5-3-4-6-8-19/h9-10,15-16H,3-8,11,18H2,1-2H3. The van der Waals surface area contributed by atoms with E-state index >= 15 is 0 Å². The number of hydrogen-bond acceptors (Lipinski definition) is 3. The lowest BCUT2D eigenvalue weighted by Gasteiger charge is -2.39. The Hall–Kier alpha value is -1.06. The van der Waals surface area contributed by atoms with Gasteiger partial charge in [0.05, 0.1) is 12.1 Å². The summed E-state index contributed by atoms with van der Waals surface area (Å²) in [6, 6.07) is 4.89. The molecular weight excluding hydrogens is 248 g/mol. The van der Waals surface area contributed by atoms with E-state index < -0.39 is 0 Å². The molecule has 0 bridgehead atoms. The van der Waals surface area contributed by atoms with E-state index in [0.29, 0.717) is 12.6 Å². The van der Waals surface area contributed by atoms with Gasteiger partial charge in [-0.05, 0) is 45.3 Å². The smallest absolute Gasteiger partial charge is 0.127 e. The maximum absolute atomic E-state index is 6.41. The number of hydrogen-bond donors (Lipinski definition) is 1. The zero-order chi connectivity index (χ0) is 14.1. The van der Waals surface area contributed by atoms with Crippen molar-refractivity contribution in [2.24, 2.45) is 5.73 Å². The molecule has 2 aliphatic rings. The molecule has 2 unspecified atom stereocenters. The predicted molar refractivity (Wildman–Crippen MR) is 82.2 cm³/mol. The van der Waals surface area contributed by atoms with Crippen LogP contribution in [0.5, 0.6) is 5.75 Å². The second-order valence-electron chi connectivity index (χ2n) is 6.37. The van der Waals surface area contributed by atoms with Crippen LogP contribution in [0.2, 0.25) is 0 Å². The molecular formula is C17H26N2O. The fraction of sp³-hybridized carbons (Fsp3) is 0.647. The van der Waals surface area contributed by atoms with Gasteiger partial charge < -0.3 is 10.5 Å². The van der Waals surface area contributed by atoms with Gasteiger partial charge in [0.2, 0.25) is 0 Å². The van der Waals surface area contributed by atoms with Crippen molar-refractivity contribution in [1.29, 1.82) is 0 Å². The number of ether oxygens (including phenoxy) is 1. The first-order valence-corrected chi connectivity index (χ1v) is 7.90. The predicted octanol–water partition coefficient (Wildman–Crippen LogP) is 2.94. The highest BCUT2D eigenvalue weighted by Crippen LogP contribution is 2.39. The molecule has 2 aliphatic heterocycles. The summed E-state index contributed by atoms with van der Waals surface area (Å²) < 4.78 is 5.92. The molecule has 3 heteroatoms. The second-order valence-corrected chi connectivity index (χ2v) is 6.37. The lowest BCUT2D eigenvalue weighted by atomic mass is 9.91. The number of aryl methyl sites for hydroxylation is 2. The van der Waals surface area contributed by atoms with Crippen molar-refractivity contribution in [2.75, 3.05) is 19.7 Å². The summed E-state index contributed by atoms with van der Waals surface area (Å²) in [5.74, 6) is 1.08. The Labute approximate surface area is 122 Å². The fourth-order valence-electron chi connectivity index (χ4n) is 3.75. The van der Waals surface area contributed by atoms with Crippen molar-refractivity contribution in [1.82, 2.24) is 4.90 Å². The molecule has 0 spiro atoms. The van der Waals surface area contributed by atoms with E-state index in [1.165, 1.54) is 55.5 Å². The number of likely N-dealkylation sites (tertiary alicyclic amines) is 1. The zero-order valence-electron chi connectivity index (χ0n) is 12.7. The van der Waals surface area contributed by atoms with Crippen LogP contribution < -0.4 is 10.5 Å². The largest absolute Gasteiger partial charge is 0.491 e. The molecule has 2 atom stereocenters. The molecule has 20 heavy (non-hydrogen) atoms. The van der Waals surface area contributed by atoms with Crippen LogP contribution in [0.15, 0.2) is 12.1 Å². The van der Waals surface area contributed by atoms with Crippen molar-refractivity contribution in [3.8, 4) is 5.75 Å². The first-order valence-electron chi connectivity index (χ1n) is 7.90. The van der Waals surface area contributed by atoms with Gasteiger partial charge in [0.1, 0.15) is 12.4 Å². The van der Waals surface area contributed by atoms with Gasteiger partial charge in [0, 0.05) is 5.56 Å². The van der Waals surface area contributed by atoms with E-state index in [-0.39, 0.29) is 6.04 Å². The second kappa shape index (κ2) is 5.74. The van der Waals surface area contributed by atoms with Gasteiger partial charge in [-0.15, -0.1) is 0 Å². The normalized spacial score (nSPS) is 27.6. The van der Waals surface area contributed by atoms with E-state index in [1.807, 2.05) is 0 Å². The highest BCUT2D eigenvalue weighted by Gasteiger charge is 2.34. The van der Waals surface area contributed by atoms with E-state index in [0.717, 1.165) is 5.75 Å². The van der Waals surface area contributed by atoms with Gasteiger partial charge in [-0.2, -0.15) is 0 Å². The summed E-state index contributed by atoms with van der Waals surface area (Å²) >= 11 is 0. The third-order valence-electron chi connectivity index (χ3n) is 4.63. The highest BCUT2D eigenvalue weighted by molar-refractivity contribution is 5.47. The SMILES string of the molecule is Cc1cc(C)c2c(c1)C(N1CCCCCC1)C(N)CO2. The van der Waals surface area contributed by atoms with Gasteiger partial charge in [0.25, 0.3) is 0 Å². The van der Waals surface area contributed by atoms with Crippen molar-refractivity contribution < 1.29 is 4.74 Å². The Balaban J connectivity index is 1.98. The first kappa shape index (κ1) is 13.9. The molecule has 1 aromatic rings. The minimum absolute atomic E-state index is 0.0850. The molecule has 3 rings (SSSR count). The molecule has 110 valence electrons. The third kappa shape index (κ3) is 2.57. The molecule has 1 saturated heterocycles. The van der Waals surface area contributed by atoms with Crippen LogP contribution in [-0.4, -0.2) is 30.6 Å². The van der Waals surface area contributed by atoms with Crippen molar-refractivity contribution in [3.63, 3.8) is 0 Å². The van der Waals surface area contributed by atoms with Crippen molar-refractivity contribution in [2.45, 2.75) is 51.6 Å². The van der Waals surface area contributed by atoms with Crippen LogP contribution in [0, 0.1) is 13.8 Å². The monoisotopic (exact) mass is 274 g/mol. The van der Waals surface area contributed by atoms with Crippen LogP contribution >= 0.6 is 0 Å². The van der Waals surface area contributed by atoms with Gasteiger partial charge in [0.15, 0.2) is 0 Å². The number of rotatable bonds is 1. The van der Waals surface area contributed by atoms with Crippen LogP contribution in [0.25, 0.3) is 0 Å². The van der Waals surface area contributed by atoms with Crippen LogP contribution in [0.3, 0.4) is 0 Å². The Bertz CT molecular complexity index is 478. The molecule has 2 heterocycles. The lowest BCUT2D eigenvalue weighted by molar-refractivity contribution is 0.121. The maximum Gasteiger partial charge on any atom is 0.127 e. The molecule has 2 N–H and O–H groups in total. The van der Waals surface area contributed by atoms with Crippen LogP contribution in [-0.2, 0) is 0 Å². The van der Waals surface area contributed by atoms with Gasteiger partial charge in [-0.25, -0.2) is 0 Å². The van der Waals surface area contributed by atoms with E-state index in [2.05, 4.69) is 30.9 Å². The van der Waals surface area contributed by atoms with Crippen LogP contribution in [0.4, 0.5) is 0 Å². The molecule has 1 aromatic carbocycles. The number of nitrogens with zero attached hydrogens (tertiary/aromatic N) is 1. The first-order chi connectivity index (χ1) is 9.66. The van der Waals surface area contributed by atoms with Gasteiger partial charge in [-0.3, -0.25) is 4.90 Å². The topological polar surface area (TPSA) is 38.5 Å². The number of fused-ring (bicyclic) bond motifs is 1. The number of nitrogens with two attached hydrogens (primary N) is 1. The lowest BCUT2D eigenvalue weighted by Crippen LogP contribution is -2.47. The van der Waals surface area contributed by atoms with E-state index in [4.69, 9.17) is 10.5 Å². The summed E-state index contributed by atoms with van der Waals surface area (Å²) in [6.07, 6.45) is 5.30. The average Bonchev–Trinajstić information content (AvgIpc) is 2.67. The maximum atomic E-state index is 6.41. The molecule has 0 aliphatic carbocycles. The Morgan fingerprint density at radius 3 is 2.50 bits per heavy atom. The fourth-order valence-corrected chi connectivity index (χ4v) is 3.75. The van der Waals surface area contributed by atoms with Crippen molar-refractivity contribution in [3.05, 3.63) is 28.8 Å². The molecule has 0 aromatic heterocycles. The minimum Gasteiger partial charge on any atom is -0.491 e. The summed E-state index contributed by atoms with van der Waals surface area (Å²) in [5, 5.41) is 0. The molecule has 3 nitrogen and oxygen atoms in total. The van der Waals surface area contributed by atoms with Gasteiger partial charge in [-0.1, -0.05) is 30.5 Å². The van der Waals surface area contributed by atoms with Crippen LogP contribution in [0.1, 0.15) is 48.4 Å². The summed E-state index contributed by atoms with van der Waals surface area (Å²) in [6.45, 7) is 7.28.